The molecule has 0 radical (unpaired) electrons. The number of aromatic nitrogens is 5. The highest BCUT2D eigenvalue weighted by molar-refractivity contribution is 7.89. The zero-order valence-corrected chi connectivity index (χ0v) is 16.2. The molecule has 1 fully saturated rings. The fourth-order valence-corrected chi connectivity index (χ4v) is 3.44. The van der Waals surface area contributed by atoms with Gasteiger partial charge in [-0.15, -0.1) is 5.10 Å². The maximum atomic E-state index is 11.3. The van der Waals surface area contributed by atoms with Gasteiger partial charge in [-0.25, -0.2) is 23.5 Å². The van der Waals surface area contributed by atoms with Gasteiger partial charge in [-0.2, -0.15) is 9.67 Å². The van der Waals surface area contributed by atoms with Crippen LogP contribution in [0.3, 0.4) is 0 Å². The summed E-state index contributed by atoms with van der Waals surface area (Å²) in [6.45, 7) is 3.49. The normalized spacial score (nSPS) is 14.7. The van der Waals surface area contributed by atoms with E-state index in [9.17, 15) is 8.42 Å². The molecule has 0 unspecified atom stereocenters. The minimum absolute atomic E-state index is 0.0162. The molecule has 6 N–H and O–H groups in total. The molecule has 2 aromatic heterocycles. The van der Waals surface area contributed by atoms with Crippen LogP contribution in [0.4, 0.5) is 23.4 Å². The van der Waals surface area contributed by atoms with E-state index >= 15 is 0 Å². The van der Waals surface area contributed by atoms with Gasteiger partial charge in [0.1, 0.15) is 12.1 Å². The Bertz CT molecular complexity index is 1110. The quantitative estimate of drug-likeness (QED) is 0.423. The predicted octanol–water partition coefficient (Wildman–Crippen LogP) is -0.560. The number of sulfonamides is 1. The summed E-state index contributed by atoms with van der Waals surface area (Å²) in [5, 5.41) is 15.7. The predicted molar refractivity (Wildman–Crippen MR) is 108 cm³/mol. The molecule has 152 valence electrons. The largest absolute Gasteiger partial charge is 0.368 e. The Morgan fingerprint density at radius 2 is 1.76 bits per heavy atom. The van der Waals surface area contributed by atoms with Crippen molar-refractivity contribution < 1.29 is 8.42 Å². The van der Waals surface area contributed by atoms with E-state index in [4.69, 9.17) is 10.9 Å². The fourth-order valence-electron chi connectivity index (χ4n) is 2.92. The Hall–Kier alpha value is -3.29. The van der Waals surface area contributed by atoms with Crippen molar-refractivity contribution in [2.45, 2.75) is 4.90 Å². The van der Waals surface area contributed by atoms with E-state index < -0.39 is 10.0 Å². The van der Waals surface area contributed by atoms with Gasteiger partial charge in [-0.05, 0) is 24.3 Å². The lowest BCUT2D eigenvalue weighted by atomic mass is 10.3. The smallest absolute Gasteiger partial charge is 0.248 e. The average molecular weight is 416 g/mol. The van der Waals surface area contributed by atoms with E-state index in [1.807, 2.05) is 0 Å². The molecule has 1 saturated heterocycles. The van der Waals surface area contributed by atoms with Gasteiger partial charge in [0.05, 0.1) is 4.90 Å². The van der Waals surface area contributed by atoms with E-state index in [1.54, 1.807) is 18.2 Å². The Labute approximate surface area is 167 Å². The van der Waals surface area contributed by atoms with Crippen molar-refractivity contribution in [3.63, 3.8) is 0 Å². The molecule has 3 heterocycles. The lowest BCUT2D eigenvalue weighted by Gasteiger charge is -2.28. The van der Waals surface area contributed by atoms with Crippen molar-refractivity contribution >= 4 is 33.4 Å². The average Bonchev–Trinajstić information content (AvgIpc) is 3.08. The third-order valence-electron chi connectivity index (χ3n) is 4.37. The van der Waals surface area contributed by atoms with Crippen LogP contribution in [0.15, 0.2) is 41.6 Å². The second-order valence-electron chi connectivity index (χ2n) is 6.37. The van der Waals surface area contributed by atoms with Gasteiger partial charge in [0, 0.05) is 37.9 Å². The van der Waals surface area contributed by atoms with E-state index in [-0.39, 0.29) is 16.8 Å². The molecule has 12 nitrogen and oxygen atoms in total. The van der Waals surface area contributed by atoms with Gasteiger partial charge >= 0.3 is 0 Å². The van der Waals surface area contributed by atoms with Crippen molar-refractivity contribution in [3.05, 3.63) is 36.7 Å². The standard InChI is InChI=1S/C16H20N10O2S/c17-15-23-16(22-11-1-3-12(4-2-11)29(18,27)28)24-26(15)14-9-13(20-10-21-14)25-7-5-19-6-8-25/h1-4,9-10,19H,5-8H2,(H2,18,27,28)(H3,17,22,23,24). The summed E-state index contributed by atoms with van der Waals surface area (Å²) < 4.78 is 24.1. The van der Waals surface area contributed by atoms with Crippen molar-refractivity contribution in [3.8, 4) is 5.82 Å². The maximum Gasteiger partial charge on any atom is 0.248 e. The van der Waals surface area contributed by atoms with Crippen LogP contribution in [0.1, 0.15) is 0 Å². The molecule has 13 heteroatoms. The van der Waals surface area contributed by atoms with Crippen LogP contribution < -0.4 is 26.4 Å². The molecule has 0 atom stereocenters. The molecule has 0 saturated carbocycles. The highest BCUT2D eigenvalue weighted by Crippen LogP contribution is 2.20. The highest BCUT2D eigenvalue weighted by Gasteiger charge is 2.16. The van der Waals surface area contributed by atoms with E-state index in [2.05, 4.69) is 35.6 Å². The Morgan fingerprint density at radius 1 is 1.07 bits per heavy atom. The molecular weight excluding hydrogens is 396 g/mol. The Kier molecular flexibility index (Phi) is 5.00. The number of nitrogens with one attached hydrogen (secondary N) is 2. The first-order chi connectivity index (χ1) is 13.9. The summed E-state index contributed by atoms with van der Waals surface area (Å²) >= 11 is 0. The molecule has 29 heavy (non-hydrogen) atoms. The number of benzene rings is 1. The minimum atomic E-state index is -3.75. The number of hydrogen-bond acceptors (Lipinski definition) is 10. The van der Waals surface area contributed by atoms with Gasteiger partial charge < -0.3 is 21.3 Å². The highest BCUT2D eigenvalue weighted by atomic mass is 32.2. The van der Waals surface area contributed by atoms with Gasteiger partial charge in [0.2, 0.25) is 21.9 Å². The number of nitrogens with two attached hydrogens (primary N) is 2. The van der Waals surface area contributed by atoms with Crippen LogP contribution in [0.2, 0.25) is 0 Å². The number of piperazine rings is 1. The maximum absolute atomic E-state index is 11.3. The van der Waals surface area contributed by atoms with Gasteiger partial charge in [0.15, 0.2) is 5.82 Å². The molecule has 3 aromatic rings. The third-order valence-corrected chi connectivity index (χ3v) is 5.30. The second kappa shape index (κ2) is 7.62. The summed E-state index contributed by atoms with van der Waals surface area (Å²) in [6, 6.07) is 7.71. The molecule has 0 spiro atoms. The van der Waals surface area contributed by atoms with Crippen LogP contribution in [-0.2, 0) is 10.0 Å². The number of rotatable bonds is 5. The van der Waals surface area contributed by atoms with Crippen molar-refractivity contribution in [1.29, 1.82) is 0 Å². The summed E-state index contributed by atoms with van der Waals surface area (Å²) in [6.07, 6.45) is 1.47. The topological polar surface area (TPSA) is 170 Å². The molecule has 1 aliphatic heterocycles. The van der Waals surface area contributed by atoms with Crippen LogP contribution in [-0.4, -0.2) is 59.3 Å². The van der Waals surface area contributed by atoms with Gasteiger partial charge in [-0.3, -0.25) is 0 Å². The summed E-state index contributed by atoms with van der Waals surface area (Å²) in [5.41, 5.74) is 6.59. The van der Waals surface area contributed by atoms with Crippen LogP contribution >= 0.6 is 0 Å². The number of hydrogen-bond donors (Lipinski definition) is 4. The van der Waals surface area contributed by atoms with Crippen molar-refractivity contribution in [1.82, 2.24) is 30.0 Å². The number of anilines is 4. The third kappa shape index (κ3) is 4.26. The zero-order valence-electron chi connectivity index (χ0n) is 15.4. The first kappa shape index (κ1) is 19.0. The minimum Gasteiger partial charge on any atom is -0.368 e. The van der Waals surface area contributed by atoms with Crippen molar-refractivity contribution in [2.75, 3.05) is 42.1 Å². The van der Waals surface area contributed by atoms with Gasteiger partial charge in [-0.1, -0.05) is 0 Å². The molecule has 0 amide bonds. The van der Waals surface area contributed by atoms with Crippen LogP contribution in [0.5, 0.6) is 0 Å². The summed E-state index contributed by atoms with van der Waals surface area (Å²) in [7, 11) is -3.75. The summed E-state index contributed by atoms with van der Waals surface area (Å²) in [5.74, 6) is 1.68. The van der Waals surface area contributed by atoms with E-state index in [0.717, 1.165) is 32.0 Å². The lowest BCUT2D eigenvalue weighted by Crippen LogP contribution is -2.43. The SMILES string of the molecule is Nc1nc(Nc2ccc(S(N)(=O)=O)cc2)nn1-c1cc(N2CCNCC2)ncn1. The van der Waals surface area contributed by atoms with Crippen LogP contribution in [0.25, 0.3) is 5.82 Å². The molecular formula is C16H20N10O2S. The Balaban J connectivity index is 1.55. The molecule has 0 aliphatic carbocycles. The van der Waals surface area contributed by atoms with E-state index in [1.165, 1.54) is 23.1 Å². The lowest BCUT2D eigenvalue weighted by molar-refractivity contribution is 0.584. The molecule has 0 bridgehead atoms. The zero-order chi connectivity index (χ0) is 20.4. The molecule has 1 aliphatic rings. The number of nitrogens with zero attached hydrogens (tertiary/aromatic N) is 6. The fraction of sp³-hybridized carbons (Fsp3) is 0.250. The monoisotopic (exact) mass is 416 g/mol. The van der Waals surface area contributed by atoms with Gasteiger partial charge in [0.25, 0.3) is 0 Å². The first-order valence-corrected chi connectivity index (χ1v) is 10.4. The van der Waals surface area contributed by atoms with E-state index in [0.29, 0.717) is 11.5 Å². The molecule has 4 rings (SSSR count). The number of primary sulfonamides is 1. The number of nitrogen functional groups attached to an aromatic ring is 1. The first-order valence-electron chi connectivity index (χ1n) is 8.81. The molecule has 1 aromatic carbocycles. The Morgan fingerprint density at radius 3 is 2.45 bits per heavy atom. The van der Waals surface area contributed by atoms with Crippen LogP contribution in [0, 0.1) is 0 Å². The van der Waals surface area contributed by atoms with Crippen molar-refractivity contribution in [2.24, 2.45) is 5.14 Å². The summed E-state index contributed by atoms with van der Waals surface area (Å²) in [4.78, 5) is 14.9. The second-order valence-corrected chi connectivity index (χ2v) is 7.93.